The van der Waals surface area contributed by atoms with Crippen molar-refractivity contribution in [2.45, 2.75) is 17.1 Å². The fourth-order valence-corrected chi connectivity index (χ4v) is 3.21. The van der Waals surface area contributed by atoms with Crippen molar-refractivity contribution in [3.8, 4) is 0 Å². The van der Waals surface area contributed by atoms with Gasteiger partial charge >= 0.3 is 0 Å². The van der Waals surface area contributed by atoms with E-state index in [-0.39, 0.29) is 5.28 Å². The van der Waals surface area contributed by atoms with E-state index in [1.54, 1.807) is 0 Å². The highest BCUT2D eigenvalue weighted by Gasteiger charge is 2.18. The zero-order valence-corrected chi connectivity index (χ0v) is 15.3. The van der Waals surface area contributed by atoms with Crippen LogP contribution in [0.5, 0.6) is 0 Å². The lowest BCUT2D eigenvalue weighted by molar-refractivity contribution is 0.122. The Morgan fingerprint density at radius 2 is 1.88 bits per heavy atom. The number of hydrogen-bond donors (Lipinski definition) is 0. The molecule has 0 N–H and O–H groups in total. The maximum Gasteiger partial charge on any atom is 0.231 e. The monoisotopic (exact) mass is 367 g/mol. The predicted octanol–water partition coefficient (Wildman–Crippen LogP) is 1.68. The van der Waals surface area contributed by atoms with Gasteiger partial charge < -0.3 is 14.5 Å². The summed E-state index contributed by atoms with van der Waals surface area (Å²) in [7, 11) is 3.80. The second-order valence-electron chi connectivity index (χ2n) is 5.43. The first kappa shape index (κ1) is 17.1. The van der Waals surface area contributed by atoms with E-state index in [0.29, 0.717) is 35.3 Å². The summed E-state index contributed by atoms with van der Waals surface area (Å²) in [6.07, 6.45) is 0. The molecule has 8 nitrogen and oxygen atoms in total. The Labute approximate surface area is 149 Å². The molecule has 0 unspecified atom stereocenters. The summed E-state index contributed by atoms with van der Waals surface area (Å²) < 4.78 is 5.39. The van der Waals surface area contributed by atoms with E-state index < -0.39 is 0 Å². The fourth-order valence-electron chi connectivity index (χ4n) is 2.14. The van der Waals surface area contributed by atoms with Crippen molar-refractivity contribution in [1.29, 1.82) is 0 Å². The highest BCUT2D eigenvalue weighted by molar-refractivity contribution is 7.99. The van der Waals surface area contributed by atoms with Gasteiger partial charge in [-0.05, 0) is 36.4 Å². The molecular formula is C14H18ClN7OS. The topological polar surface area (TPSA) is 80.2 Å². The molecule has 128 valence electrons. The Morgan fingerprint density at radius 1 is 1.12 bits per heavy atom. The van der Waals surface area contributed by atoms with Crippen molar-refractivity contribution in [1.82, 2.24) is 24.9 Å². The highest BCUT2D eigenvalue weighted by atomic mass is 35.5. The third kappa shape index (κ3) is 4.22. The zero-order valence-electron chi connectivity index (χ0n) is 13.7. The average molecular weight is 368 g/mol. The smallest absolute Gasteiger partial charge is 0.231 e. The largest absolute Gasteiger partial charge is 0.378 e. The molecule has 10 heteroatoms. The molecule has 1 fully saturated rings. The van der Waals surface area contributed by atoms with Gasteiger partial charge in [-0.1, -0.05) is 0 Å². The van der Waals surface area contributed by atoms with Crippen molar-refractivity contribution >= 4 is 35.3 Å². The van der Waals surface area contributed by atoms with Crippen molar-refractivity contribution in [3.63, 3.8) is 0 Å². The molecule has 1 aliphatic rings. The number of anilines is 2. The van der Waals surface area contributed by atoms with Gasteiger partial charge in [-0.3, -0.25) is 0 Å². The number of nitrogens with zero attached hydrogens (tertiary/aromatic N) is 7. The summed E-state index contributed by atoms with van der Waals surface area (Å²) in [5.74, 6) is 1.25. The molecule has 0 saturated carbocycles. The standard InChI is InChI=1S/C14H18ClN7OS/c1-9-8-10(17-11(15)16-9)24-14-19-12(21(2)3)18-13(20-14)22-4-6-23-7-5-22/h8H,4-7H2,1-3H3. The molecule has 1 aliphatic heterocycles. The molecule has 2 aromatic heterocycles. The highest BCUT2D eigenvalue weighted by Crippen LogP contribution is 2.27. The van der Waals surface area contributed by atoms with Gasteiger partial charge in [0, 0.05) is 32.9 Å². The van der Waals surface area contributed by atoms with Gasteiger partial charge in [0.25, 0.3) is 0 Å². The third-order valence-electron chi connectivity index (χ3n) is 3.28. The van der Waals surface area contributed by atoms with Crippen LogP contribution in [0.2, 0.25) is 5.28 Å². The molecule has 3 rings (SSSR count). The summed E-state index contributed by atoms with van der Waals surface area (Å²) in [4.78, 5) is 25.8. The van der Waals surface area contributed by atoms with Crippen LogP contribution in [0.3, 0.4) is 0 Å². The van der Waals surface area contributed by atoms with E-state index in [1.165, 1.54) is 11.8 Å². The molecule has 24 heavy (non-hydrogen) atoms. The first-order valence-corrected chi connectivity index (χ1v) is 8.66. The van der Waals surface area contributed by atoms with E-state index >= 15 is 0 Å². The minimum atomic E-state index is 0.216. The number of morpholine rings is 1. The summed E-state index contributed by atoms with van der Waals surface area (Å²) in [5.41, 5.74) is 0.799. The summed E-state index contributed by atoms with van der Waals surface area (Å²) in [6.45, 7) is 4.74. The Balaban J connectivity index is 1.92. The van der Waals surface area contributed by atoms with Crippen LogP contribution in [0.25, 0.3) is 0 Å². The Kier molecular flexibility index (Phi) is 5.32. The molecule has 0 aromatic carbocycles. The van der Waals surface area contributed by atoms with E-state index in [4.69, 9.17) is 16.3 Å². The summed E-state index contributed by atoms with van der Waals surface area (Å²) >= 11 is 7.28. The average Bonchev–Trinajstić information content (AvgIpc) is 2.54. The van der Waals surface area contributed by atoms with Gasteiger partial charge in [0.15, 0.2) is 0 Å². The van der Waals surface area contributed by atoms with Crippen LogP contribution >= 0.6 is 23.4 Å². The maximum atomic E-state index is 5.93. The zero-order chi connectivity index (χ0) is 17.1. The normalized spacial score (nSPS) is 14.8. The second kappa shape index (κ2) is 7.45. The first-order chi connectivity index (χ1) is 11.5. The molecule has 0 aliphatic carbocycles. The minimum absolute atomic E-state index is 0.216. The number of hydrogen-bond acceptors (Lipinski definition) is 9. The second-order valence-corrected chi connectivity index (χ2v) is 6.76. The van der Waals surface area contributed by atoms with Gasteiger partial charge in [0.2, 0.25) is 22.3 Å². The van der Waals surface area contributed by atoms with Crippen molar-refractivity contribution in [2.75, 3.05) is 50.2 Å². The summed E-state index contributed by atoms with van der Waals surface area (Å²) in [6, 6.07) is 1.85. The number of aromatic nitrogens is 5. The molecule has 2 aromatic rings. The Bertz CT molecular complexity index is 704. The molecule has 0 radical (unpaired) electrons. The number of rotatable bonds is 4. The SMILES string of the molecule is Cc1cc(Sc2nc(N(C)C)nc(N3CCOCC3)n2)nc(Cl)n1. The van der Waals surface area contributed by atoms with Crippen LogP contribution < -0.4 is 9.80 Å². The van der Waals surface area contributed by atoms with E-state index in [1.807, 2.05) is 32.0 Å². The van der Waals surface area contributed by atoms with Crippen LogP contribution in [0.4, 0.5) is 11.9 Å². The molecular weight excluding hydrogens is 350 g/mol. The van der Waals surface area contributed by atoms with Crippen LogP contribution in [0.15, 0.2) is 16.2 Å². The molecule has 3 heterocycles. The van der Waals surface area contributed by atoms with E-state index in [2.05, 4.69) is 29.8 Å². The van der Waals surface area contributed by atoms with Crippen molar-refractivity contribution in [3.05, 3.63) is 17.0 Å². The third-order valence-corrected chi connectivity index (χ3v) is 4.24. The lowest BCUT2D eigenvalue weighted by atomic mass is 10.4. The molecule has 1 saturated heterocycles. The lowest BCUT2D eigenvalue weighted by Crippen LogP contribution is -2.37. The van der Waals surface area contributed by atoms with Crippen LogP contribution in [0.1, 0.15) is 5.69 Å². The quantitative estimate of drug-likeness (QED) is 0.592. The number of halogens is 1. The summed E-state index contributed by atoms with van der Waals surface area (Å²) in [5, 5.41) is 1.49. The van der Waals surface area contributed by atoms with Crippen molar-refractivity contribution in [2.24, 2.45) is 0 Å². The Morgan fingerprint density at radius 3 is 2.54 bits per heavy atom. The Hall–Kier alpha value is -1.71. The van der Waals surface area contributed by atoms with Crippen molar-refractivity contribution < 1.29 is 4.74 Å². The molecule has 0 spiro atoms. The lowest BCUT2D eigenvalue weighted by Gasteiger charge is -2.27. The van der Waals surface area contributed by atoms with Crippen LogP contribution in [-0.2, 0) is 4.74 Å². The van der Waals surface area contributed by atoms with E-state index in [0.717, 1.165) is 18.8 Å². The fraction of sp³-hybridized carbons (Fsp3) is 0.500. The number of ether oxygens (including phenoxy) is 1. The predicted molar refractivity (Wildman–Crippen MR) is 93.1 cm³/mol. The van der Waals surface area contributed by atoms with Gasteiger partial charge in [-0.25, -0.2) is 9.97 Å². The van der Waals surface area contributed by atoms with Crippen LogP contribution in [-0.4, -0.2) is 65.3 Å². The van der Waals surface area contributed by atoms with Gasteiger partial charge in [0.05, 0.1) is 13.2 Å². The number of aryl methyl sites for hydroxylation is 1. The molecule has 0 atom stereocenters. The molecule has 0 bridgehead atoms. The first-order valence-electron chi connectivity index (χ1n) is 7.46. The van der Waals surface area contributed by atoms with E-state index in [9.17, 15) is 0 Å². The van der Waals surface area contributed by atoms with Gasteiger partial charge in [-0.15, -0.1) is 0 Å². The van der Waals surface area contributed by atoms with Gasteiger partial charge in [0.1, 0.15) is 5.03 Å². The maximum absolute atomic E-state index is 5.93. The molecule has 0 amide bonds. The van der Waals surface area contributed by atoms with Gasteiger partial charge in [-0.2, -0.15) is 15.0 Å². The minimum Gasteiger partial charge on any atom is -0.378 e. The van der Waals surface area contributed by atoms with Crippen LogP contribution in [0, 0.1) is 6.92 Å².